The van der Waals surface area contributed by atoms with Crippen LogP contribution in [0.5, 0.6) is 0 Å². The molecule has 0 amide bonds. The van der Waals surface area contributed by atoms with Crippen LogP contribution in [0.25, 0.3) is 0 Å². The lowest BCUT2D eigenvalue weighted by Crippen LogP contribution is -2.52. The van der Waals surface area contributed by atoms with Crippen LogP contribution in [0.15, 0.2) is 30.3 Å². The molecule has 0 unspecified atom stereocenters. The van der Waals surface area contributed by atoms with Crippen LogP contribution in [0.3, 0.4) is 0 Å². The SMILES string of the molecule is C[N+]1(CCCc2ccccc2)CCOCC1. The van der Waals surface area contributed by atoms with Crippen molar-refractivity contribution in [3.8, 4) is 0 Å². The molecule has 0 saturated carbocycles. The molecule has 0 N–H and O–H groups in total. The average molecular weight is 220 g/mol. The number of benzene rings is 1. The molecule has 1 heterocycles. The standard InChI is InChI=1S/C14H22NO/c1-15(10-12-16-13-11-15)9-5-8-14-6-3-2-4-7-14/h2-4,6-7H,5,8-13H2,1H3/q+1. The highest BCUT2D eigenvalue weighted by Gasteiger charge is 2.24. The number of hydrogen-bond acceptors (Lipinski definition) is 1. The minimum atomic E-state index is 0.932. The first-order valence-electron chi connectivity index (χ1n) is 6.24. The zero-order valence-corrected chi connectivity index (χ0v) is 10.2. The minimum absolute atomic E-state index is 0.932. The lowest BCUT2D eigenvalue weighted by molar-refractivity contribution is -0.917. The molecular weight excluding hydrogens is 198 g/mol. The summed E-state index contributed by atoms with van der Waals surface area (Å²) in [6.07, 6.45) is 2.48. The third-order valence-corrected chi connectivity index (χ3v) is 3.56. The van der Waals surface area contributed by atoms with Gasteiger partial charge in [-0.05, 0) is 12.0 Å². The van der Waals surface area contributed by atoms with Gasteiger partial charge in [-0.3, -0.25) is 0 Å². The summed E-state index contributed by atoms with van der Waals surface area (Å²) in [5, 5.41) is 0. The van der Waals surface area contributed by atoms with Crippen molar-refractivity contribution in [3.63, 3.8) is 0 Å². The van der Waals surface area contributed by atoms with E-state index >= 15 is 0 Å². The number of morpholine rings is 1. The summed E-state index contributed by atoms with van der Waals surface area (Å²) in [4.78, 5) is 0. The van der Waals surface area contributed by atoms with Crippen molar-refractivity contribution in [2.75, 3.05) is 39.9 Å². The lowest BCUT2D eigenvalue weighted by atomic mass is 10.1. The van der Waals surface area contributed by atoms with Gasteiger partial charge in [0.1, 0.15) is 13.1 Å². The highest BCUT2D eigenvalue weighted by atomic mass is 16.5. The van der Waals surface area contributed by atoms with Crippen molar-refractivity contribution in [3.05, 3.63) is 35.9 Å². The van der Waals surface area contributed by atoms with Gasteiger partial charge >= 0.3 is 0 Å². The second kappa shape index (κ2) is 5.46. The molecule has 16 heavy (non-hydrogen) atoms. The summed E-state index contributed by atoms with van der Waals surface area (Å²) in [5.74, 6) is 0. The van der Waals surface area contributed by atoms with Crippen molar-refractivity contribution in [2.45, 2.75) is 12.8 Å². The van der Waals surface area contributed by atoms with E-state index in [1.54, 1.807) is 0 Å². The summed E-state index contributed by atoms with van der Waals surface area (Å²) in [6.45, 7) is 5.49. The monoisotopic (exact) mass is 220 g/mol. The molecule has 2 rings (SSSR count). The fourth-order valence-electron chi connectivity index (χ4n) is 2.32. The van der Waals surface area contributed by atoms with E-state index < -0.39 is 0 Å². The van der Waals surface area contributed by atoms with Crippen LogP contribution < -0.4 is 0 Å². The minimum Gasteiger partial charge on any atom is -0.370 e. The van der Waals surface area contributed by atoms with Gasteiger partial charge in [0.2, 0.25) is 0 Å². The Labute approximate surface area is 98.4 Å². The Balaban J connectivity index is 1.75. The predicted octanol–water partition coefficient (Wildman–Crippen LogP) is 2.10. The van der Waals surface area contributed by atoms with Crippen LogP contribution in [0.2, 0.25) is 0 Å². The van der Waals surface area contributed by atoms with Gasteiger partial charge in [-0.1, -0.05) is 30.3 Å². The van der Waals surface area contributed by atoms with Gasteiger partial charge in [0.05, 0.1) is 26.8 Å². The molecule has 1 fully saturated rings. The summed E-state index contributed by atoms with van der Waals surface area (Å²) < 4.78 is 6.60. The van der Waals surface area contributed by atoms with Crippen LogP contribution in [0.1, 0.15) is 12.0 Å². The molecule has 2 heteroatoms. The van der Waals surface area contributed by atoms with Gasteiger partial charge in [-0.25, -0.2) is 0 Å². The Hall–Kier alpha value is -0.860. The van der Waals surface area contributed by atoms with Crippen molar-refractivity contribution in [1.29, 1.82) is 0 Å². The van der Waals surface area contributed by atoms with Gasteiger partial charge in [0.25, 0.3) is 0 Å². The Bertz CT molecular complexity index is 304. The quantitative estimate of drug-likeness (QED) is 0.706. The maximum Gasteiger partial charge on any atom is 0.102 e. The molecule has 1 aromatic rings. The Morgan fingerprint density at radius 1 is 1.12 bits per heavy atom. The summed E-state index contributed by atoms with van der Waals surface area (Å²) in [6, 6.07) is 10.8. The van der Waals surface area contributed by atoms with Crippen LogP contribution >= 0.6 is 0 Å². The molecule has 0 aromatic heterocycles. The Kier molecular flexibility index (Phi) is 3.97. The van der Waals surface area contributed by atoms with Crippen LogP contribution in [-0.2, 0) is 11.2 Å². The predicted molar refractivity (Wildman–Crippen MR) is 66.4 cm³/mol. The van der Waals surface area contributed by atoms with Crippen molar-refractivity contribution < 1.29 is 9.22 Å². The van der Waals surface area contributed by atoms with E-state index in [1.807, 2.05) is 0 Å². The van der Waals surface area contributed by atoms with Gasteiger partial charge in [-0.15, -0.1) is 0 Å². The molecule has 0 aliphatic carbocycles. The first-order valence-corrected chi connectivity index (χ1v) is 6.24. The topological polar surface area (TPSA) is 9.23 Å². The van der Waals surface area contributed by atoms with Gasteiger partial charge in [-0.2, -0.15) is 0 Å². The highest BCUT2D eigenvalue weighted by molar-refractivity contribution is 5.14. The van der Waals surface area contributed by atoms with E-state index in [-0.39, 0.29) is 0 Å². The molecule has 0 spiro atoms. The molecule has 1 aromatic carbocycles. The summed E-state index contributed by atoms with van der Waals surface area (Å²) in [7, 11) is 2.35. The Morgan fingerprint density at radius 2 is 1.81 bits per heavy atom. The molecule has 0 radical (unpaired) electrons. The first kappa shape index (κ1) is 11.6. The Morgan fingerprint density at radius 3 is 2.50 bits per heavy atom. The second-order valence-corrected chi connectivity index (χ2v) is 4.99. The third kappa shape index (κ3) is 3.32. The molecule has 0 bridgehead atoms. The number of nitrogens with zero attached hydrogens (tertiary/aromatic N) is 1. The molecule has 1 saturated heterocycles. The second-order valence-electron chi connectivity index (χ2n) is 4.99. The van der Waals surface area contributed by atoms with E-state index in [9.17, 15) is 0 Å². The van der Waals surface area contributed by atoms with Gasteiger partial charge < -0.3 is 9.22 Å². The van der Waals surface area contributed by atoms with E-state index in [1.165, 1.54) is 42.5 Å². The van der Waals surface area contributed by atoms with Crippen molar-refractivity contribution >= 4 is 0 Å². The molecular formula is C14H22NO+. The highest BCUT2D eigenvalue weighted by Crippen LogP contribution is 2.11. The van der Waals surface area contributed by atoms with Crippen LogP contribution in [0.4, 0.5) is 0 Å². The molecule has 1 aliphatic rings. The fraction of sp³-hybridized carbons (Fsp3) is 0.571. The largest absolute Gasteiger partial charge is 0.370 e. The average Bonchev–Trinajstić information content (AvgIpc) is 2.31. The van der Waals surface area contributed by atoms with Gasteiger partial charge in [0.15, 0.2) is 0 Å². The number of likely N-dealkylation sites (N-methyl/N-ethyl adjacent to an activating group) is 1. The van der Waals surface area contributed by atoms with Crippen molar-refractivity contribution in [2.24, 2.45) is 0 Å². The summed E-state index contributed by atoms with van der Waals surface area (Å²) in [5.41, 5.74) is 1.46. The van der Waals surface area contributed by atoms with E-state index in [4.69, 9.17) is 4.74 Å². The number of ether oxygens (including phenoxy) is 1. The smallest absolute Gasteiger partial charge is 0.102 e. The molecule has 2 nitrogen and oxygen atoms in total. The number of hydrogen-bond donors (Lipinski definition) is 0. The van der Waals surface area contributed by atoms with E-state index in [0.29, 0.717) is 0 Å². The molecule has 0 atom stereocenters. The number of quaternary nitrogens is 1. The summed E-state index contributed by atoms with van der Waals surface area (Å²) >= 11 is 0. The lowest BCUT2D eigenvalue weighted by Gasteiger charge is -2.37. The molecule has 1 aliphatic heterocycles. The number of aryl methyl sites for hydroxylation is 1. The normalized spacial score (nSPS) is 19.6. The third-order valence-electron chi connectivity index (χ3n) is 3.56. The molecule has 88 valence electrons. The maximum atomic E-state index is 5.41. The van der Waals surface area contributed by atoms with Crippen molar-refractivity contribution in [1.82, 2.24) is 0 Å². The van der Waals surface area contributed by atoms with Crippen LogP contribution in [-0.4, -0.2) is 44.4 Å². The van der Waals surface area contributed by atoms with Crippen LogP contribution in [0, 0.1) is 0 Å². The number of rotatable bonds is 4. The maximum absolute atomic E-state index is 5.41. The zero-order valence-electron chi connectivity index (χ0n) is 10.2. The first-order chi connectivity index (χ1) is 7.79. The fourth-order valence-corrected chi connectivity index (χ4v) is 2.32. The van der Waals surface area contributed by atoms with E-state index in [0.717, 1.165) is 13.2 Å². The zero-order chi connectivity index (χ0) is 11.3. The van der Waals surface area contributed by atoms with E-state index in [2.05, 4.69) is 37.4 Å². The van der Waals surface area contributed by atoms with Gasteiger partial charge in [0, 0.05) is 6.42 Å².